The third-order valence-corrected chi connectivity index (χ3v) is 6.47. The zero-order chi connectivity index (χ0) is 20.4. The average molecular weight is 445 g/mol. The molecule has 0 unspecified atom stereocenters. The Morgan fingerprint density at radius 3 is 2.28 bits per heavy atom. The van der Waals surface area contributed by atoms with Gasteiger partial charge in [-0.1, -0.05) is 29.5 Å². The first kappa shape index (κ1) is 19.4. The fourth-order valence-corrected chi connectivity index (χ4v) is 5.17. The van der Waals surface area contributed by atoms with Gasteiger partial charge in [-0.2, -0.15) is 0 Å². The van der Waals surface area contributed by atoms with Crippen LogP contribution >= 0.6 is 22.7 Å². The quantitative estimate of drug-likeness (QED) is 0.399. The summed E-state index contributed by atoms with van der Waals surface area (Å²) in [6, 6.07) is 18.1. The molecule has 0 atom stereocenters. The number of nitrogens with one attached hydrogen (secondary N) is 3. The van der Waals surface area contributed by atoms with E-state index in [0.29, 0.717) is 16.3 Å². The largest absolute Gasteiger partial charge is 0.332 e. The molecule has 2 aromatic carbocycles. The van der Waals surface area contributed by atoms with Crippen LogP contribution in [0.1, 0.15) is 9.67 Å². The first-order chi connectivity index (χ1) is 13.9. The third kappa shape index (κ3) is 4.91. The van der Waals surface area contributed by atoms with Gasteiger partial charge in [-0.25, -0.2) is 13.4 Å². The topological polar surface area (TPSA) is 100 Å². The Morgan fingerprint density at radius 2 is 1.62 bits per heavy atom. The van der Waals surface area contributed by atoms with Gasteiger partial charge < -0.3 is 10.6 Å². The van der Waals surface area contributed by atoms with E-state index in [2.05, 4.69) is 20.3 Å². The van der Waals surface area contributed by atoms with Crippen LogP contribution in [0.4, 0.5) is 22.2 Å². The molecule has 7 nitrogen and oxygen atoms in total. The first-order valence-electron chi connectivity index (χ1n) is 8.47. The molecule has 3 N–H and O–H groups in total. The predicted molar refractivity (Wildman–Crippen MR) is 120 cm³/mol. The molecular formula is C19H16N4O3S3. The Balaban J connectivity index is 1.44. The maximum Gasteiger partial charge on any atom is 0.265 e. The lowest BCUT2D eigenvalue weighted by molar-refractivity contribution is 0.103. The van der Waals surface area contributed by atoms with Crippen molar-refractivity contribution in [3.05, 3.63) is 65.5 Å². The van der Waals surface area contributed by atoms with Crippen molar-refractivity contribution in [1.82, 2.24) is 4.98 Å². The van der Waals surface area contributed by atoms with E-state index in [0.717, 1.165) is 26.6 Å². The maximum atomic E-state index is 12.5. The minimum absolute atomic E-state index is 0.235. The van der Waals surface area contributed by atoms with E-state index in [1.807, 2.05) is 36.4 Å². The Morgan fingerprint density at radius 1 is 0.931 bits per heavy atom. The summed E-state index contributed by atoms with van der Waals surface area (Å²) in [5, 5.41) is 6.84. The second-order valence-corrected chi connectivity index (χ2v) is 10.0. The normalized spacial score (nSPS) is 11.3. The Kier molecular flexibility index (Phi) is 5.22. The second-order valence-electron chi connectivity index (χ2n) is 6.20. The molecule has 0 aliphatic heterocycles. The van der Waals surface area contributed by atoms with Crippen molar-refractivity contribution in [1.29, 1.82) is 0 Å². The van der Waals surface area contributed by atoms with E-state index < -0.39 is 10.0 Å². The molecule has 0 aliphatic rings. The van der Waals surface area contributed by atoms with E-state index in [1.54, 1.807) is 24.3 Å². The smallest absolute Gasteiger partial charge is 0.265 e. The molecule has 10 heteroatoms. The SMILES string of the molecule is CS(=O)(=O)Nc1ccc(NC(=O)c2cc3sc(Nc4ccccc4)nc3s2)cc1. The highest BCUT2D eigenvalue weighted by molar-refractivity contribution is 7.92. The van der Waals surface area contributed by atoms with Gasteiger partial charge in [-0.3, -0.25) is 9.52 Å². The van der Waals surface area contributed by atoms with Crippen LogP contribution in [0.2, 0.25) is 0 Å². The van der Waals surface area contributed by atoms with Gasteiger partial charge in [0.05, 0.1) is 15.8 Å². The fourth-order valence-electron chi connectivity index (χ4n) is 2.57. The van der Waals surface area contributed by atoms with Crippen LogP contribution in [-0.2, 0) is 10.0 Å². The number of aromatic nitrogens is 1. The predicted octanol–water partition coefficient (Wildman–Crippen LogP) is 4.73. The third-order valence-electron chi connectivity index (χ3n) is 3.78. The Bertz CT molecular complexity index is 1230. The molecule has 0 radical (unpaired) electrons. The summed E-state index contributed by atoms with van der Waals surface area (Å²) >= 11 is 2.81. The number of hydrogen-bond donors (Lipinski definition) is 3. The number of para-hydroxylation sites is 1. The first-order valence-corrected chi connectivity index (χ1v) is 12.0. The van der Waals surface area contributed by atoms with Crippen molar-refractivity contribution in [3.8, 4) is 0 Å². The molecule has 148 valence electrons. The summed E-state index contributed by atoms with van der Waals surface area (Å²) in [6.07, 6.45) is 1.08. The minimum Gasteiger partial charge on any atom is -0.332 e. The number of thiophene rings is 1. The van der Waals surface area contributed by atoms with Gasteiger partial charge in [0.1, 0.15) is 4.83 Å². The number of amides is 1. The lowest BCUT2D eigenvalue weighted by atomic mass is 10.3. The standard InChI is InChI=1S/C19H16N4O3S3/c1-29(25,26)23-14-9-7-13(8-10-14)20-17(24)15-11-16-18(27-15)22-19(28-16)21-12-5-3-2-4-6-12/h2-11,23H,1H3,(H,20,24)(H,21,22). The summed E-state index contributed by atoms with van der Waals surface area (Å²) in [4.78, 5) is 18.4. The van der Waals surface area contributed by atoms with Gasteiger partial charge in [0.2, 0.25) is 10.0 Å². The number of fused-ring (bicyclic) bond motifs is 1. The van der Waals surface area contributed by atoms with Crippen molar-refractivity contribution in [2.24, 2.45) is 0 Å². The van der Waals surface area contributed by atoms with Crippen molar-refractivity contribution in [2.75, 3.05) is 21.6 Å². The number of thiazole rings is 1. The molecule has 2 heterocycles. The van der Waals surface area contributed by atoms with Crippen molar-refractivity contribution >= 4 is 70.3 Å². The van der Waals surface area contributed by atoms with E-state index >= 15 is 0 Å². The highest BCUT2D eigenvalue weighted by Crippen LogP contribution is 2.34. The van der Waals surface area contributed by atoms with Crippen molar-refractivity contribution in [3.63, 3.8) is 0 Å². The van der Waals surface area contributed by atoms with Crippen LogP contribution < -0.4 is 15.4 Å². The minimum atomic E-state index is -3.33. The molecule has 0 spiro atoms. The second kappa shape index (κ2) is 7.82. The number of carbonyl (C=O) groups is 1. The molecule has 4 rings (SSSR count). The van der Waals surface area contributed by atoms with E-state index in [1.165, 1.54) is 22.7 Å². The number of hydrogen-bond acceptors (Lipinski definition) is 7. The monoisotopic (exact) mass is 444 g/mol. The maximum absolute atomic E-state index is 12.5. The molecule has 0 bridgehead atoms. The van der Waals surface area contributed by atoms with Crippen LogP contribution in [0.25, 0.3) is 9.53 Å². The van der Waals surface area contributed by atoms with Gasteiger partial charge in [-0.15, -0.1) is 11.3 Å². The summed E-state index contributed by atoms with van der Waals surface area (Å²) in [5.41, 5.74) is 1.97. The lowest BCUT2D eigenvalue weighted by Crippen LogP contribution is -2.11. The van der Waals surface area contributed by atoms with Gasteiger partial charge in [0.25, 0.3) is 5.91 Å². The molecule has 2 aromatic heterocycles. The van der Waals surface area contributed by atoms with Crippen LogP contribution in [-0.4, -0.2) is 25.6 Å². The summed E-state index contributed by atoms with van der Waals surface area (Å²) in [5.74, 6) is -0.235. The highest BCUT2D eigenvalue weighted by atomic mass is 32.2. The van der Waals surface area contributed by atoms with Gasteiger partial charge in [0.15, 0.2) is 5.13 Å². The molecule has 0 saturated carbocycles. The molecule has 0 saturated heterocycles. The zero-order valence-electron chi connectivity index (χ0n) is 15.2. The van der Waals surface area contributed by atoms with Crippen LogP contribution in [0, 0.1) is 0 Å². The van der Waals surface area contributed by atoms with E-state index in [-0.39, 0.29) is 5.91 Å². The Hall–Kier alpha value is -2.95. The molecule has 0 aliphatic carbocycles. The number of anilines is 4. The number of nitrogens with zero attached hydrogens (tertiary/aromatic N) is 1. The highest BCUT2D eigenvalue weighted by Gasteiger charge is 2.14. The molecule has 0 fully saturated rings. The zero-order valence-corrected chi connectivity index (χ0v) is 17.6. The molecule has 4 aromatic rings. The fraction of sp³-hybridized carbons (Fsp3) is 0.0526. The van der Waals surface area contributed by atoms with Gasteiger partial charge in [-0.05, 0) is 42.5 Å². The number of sulfonamides is 1. The molecular weight excluding hydrogens is 428 g/mol. The summed E-state index contributed by atoms with van der Waals surface area (Å²) in [7, 11) is -3.33. The lowest BCUT2D eigenvalue weighted by Gasteiger charge is -2.06. The molecule has 1 amide bonds. The summed E-state index contributed by atoms with van der Waals surface area (Å²) < 4.78 is 25.8. The van der Waals surface area contributed by atoms with Crippen LogP contribution in [0.3, 0.4) is 0 Å². The van der Waals surface area contributed by atoms with Crippen LogP contribution in [0.15, 0.2) is 60.7 Å². The van der Waals surface area contributed by atoms with Gasteiger partial charge >= 0.3 is 0 Å². The Labute approximate surface area is 175 Å². The number of carbonyl (C=O) groups excluding carboxylic acids is 1. The summed E-state index contributed by atoms with van der Waals surface area (Å²) in [6.45, 7) is 0. The molecule has 29 heavy (non-hydrogen) atoms. The van der Waals surface area contributed by atoms with Crippen LogP contribution in [0.5, 0.6) is 0 Å². The van der Waals surface area contributed by atoms with Crippen molar-refractivity contribution < 1.29 is 13.2 Å². The van der Waals surface area contributed by atoms with E-state index in [9.17, 15) is 13.2 Å². The van der Waals surface area contributed by atoms with E-state index in [4.69, 9.17) is 0 Å². The number of rotatable bonds is 6. The number of benzene rings is 2. The van der Waals surface area contributed by atoms with Gasteiger partial charge in [0, 0.05) is 17.1 Å². The average Bonchev–Trinajstić information content (AvgIpc) is 3.21. The van der Waals surface area contributed by atoms with Crippen molar-refractivity contribution in [2.45, 2.75) is 0 Å².